The predicted molar refractivity (Wildman–Crippen MR) is 118 cm³/mol. The van der Waals surface area contributed by atoms with E-state index >= 15 is 0 Å². The molecule has 0 fully saturated rings. The van der Waals surface area contributed by atoms with Crippen LogP contribution in [0, 0.1) is 5.92 Å². The van der Waals surface area contributed by atoms with Crippen molar-refractivity contribution in [3.63, 3.8) is 0 Å². The summed E-state index contributed by atoms with van der Waals surface area (Å²) in [6.07, 6.45) is 0. The first kappa shape index (κ1) is 22.2. The maximum absolute atomic E-state index is 12.5. The van der Waals surface area contributed by atoms with E-state index in [2.05, 4.69) is 15.6 Å². The minimum absolute atomic E-state index is 0.220. The fraction of sp³-hybridized carbons (Fsp3) is 0.273. The first-order chi connectivity index (χ1) is 14.9. The quantitative estimate of drug-likeness (QED) is 0.520. The van der Waals surface area contributed by atoms with Crippen LogP contribution in [0.5, 0.6) is 5.75 Å². The molecule has 0 saturated heterocycles. The average molecular weight is 442 g/mol. The highest BCUT2D eigenvalue weighted by atomic mass is 32.1. The van der Waals surface area contributed by atoms with Crippen LogP contribution >= 0.6 is 11.3 Å². The Hall–Kier alpha value is -3.46. The van der Waals surface area contributed by atoms with Crippen molar-refractivity contribution in [1.29, 1.82) is 0 Å². The molecule has 3 rings (SSSR count). The number of hydrogen-bond acceptors (Lipinski definition) is 7. The molecule has 0 radical (unpaired) electrons. The van der Waals surface area contributed by atoms with Crippen LogP contribution < -0.4 is 15.4 Å². The number of esters is 1. The second-order valence-electron chi connectivity index (χ2n) is 7.07. The molecular weight excluding hydrogens is 418 g/mol. The zero-order chi connectivity index (χ0) is 22.4. The van der Waals surface area contributed by atoms with Crippen LogP contribution in [0.15, 0.2) is 48.5 Å². The summed E-state index contributed by atoms with van der Waals surface area (Å²) in [6, 6.07) is 13.1. The number of amides is 2. The molecular formula is C22H23N3O5S. The fourth-order valence-corrected chi connectivity index (χ4v) is 3.69. The lowest BCUT2D eigenvalue weighted by molar-refractivity contribution is -0.150. The normalized spacial score (nSPS) is 11.7. The van der Waals surface area contributed by atoms with Gasteiger partial charge in [0.2, 0.25) is 0 Å². The number of methoxy groups -OCH3 is 1. The van der Waals surface area contributed by atoms with Gasteiger partial charge in [-0.25, -0.2) is 9.78 Å². The van der Waals surface area contributed by atoms with E-state index in [4.69, 9.17) is 9.47 Å². The lowest BCUT2D eigenvalue weighted by Gasteiger charge is -2.20. The van der Waals surface area contributed by atoms with Gasteiger partial charge in [-0.2, -0.15) is 0 Å². The summed E-state index contributed by atoms with van der Waals surface area (Å²) >= 11 is 1.29. The highest BCUT2D eigenvalue weighted by Gasteiger charge is 2.26. The number of anilines is 1. The summed E-state index contributed by atoms with van der Waals surface area (Å²) in [5.41, 5.74) is 1.16. The molecule has 8 nitrogen and oxygen atoms in total. The monoisotopic (exact) mass is 441 g/mol. The maximum Gasteiger partial charge on any atom is 0.329 e. The van der Waals surface area contributed by atoms with Gasteiger partial charge in [0.25, 0.3) is 11.8 Å². The van der Waals surface area contributed by atoms with Crippen molar-refractivity contribution in [2.24, 2.45) is 5.92 Å². The third kappa shape index (κ3) is 5.79. The minimum atomic E-state index is -0.879. The van der Waals surface area contributed by atoms with E-state index in [1.165, 1.54) is 11.3 Å². The van der Waals surface area contributed by atoms with Gasteiger partial charge >= 0.3 is 5.97 Å². The molecule has 0 saturated carbocycles. The third-order valence-corrected chi connectivity index (χ3v) is 5.36. The minimum Gasteiger partial charge on any atom is -0.497 e. The molecule has 0 aliphatic carbocycles. The number of nitrogens with zero attached hydrogens (tertiary/aromatic N) is 1. The van der Waals surface area contributed by atoms with Gasteiger partial charge in [-0.3, -0.25) is 14.9 Å². The van der Waals surface area contributed by atoms with Crippen molar-refractivity contribution in [2.45, 2.75) is 19.9 Å². The zero-order valence-electron chi connectivity index (χ0n) is 17.4. The van der Waals surface area contributed by atoms with Crippen LogP contribution in [0.4, 0.5) is 5.13 Å². The topological polar surface area (TPSA) is 107 Å². The van der Waals surface area contributed by atoms with Gasteiger partial charge in [-0.1, -0.05) is 43.4 Å². The highest BCUT2D eigenvalue weighted by molar-refractivity contribution is 7.22. The van der Waals surface area contributed by atoms with E-state index in [0.717, 1.165) is 10.2 Å². The number of rotatable bonds is 8. The van der Waals surface area contributed by atoms with Gasteiger partial charge < -0.3 is 14.8 Å². The molecule has 2 aromatic carbocycles. The number of benzene rings is 2. The Morgan fingerprint density at radius 3 is 2.52 bits per heavy atom. The molecule has 1 unspecified atom stereocenters. The van der Waals surface area contributed by atoms with Crippen LogP contribution in [0.2, 0.25) is 0 Å². The van der Waals surface area contributed by atoms with Gasteiger partial charge in [0.05, 0.1) is 17.3 Å². The van der Waals surface area contributed by atoms with Gasteiger partial charge in [-0.05, 0) is 36.2 Å². The van der Waals surface area contributed by atoms with E-state index in [1.54, 1.807) is 63.4 Å². The summed E-state index contributed by atoms with van der Waals surface area (Å²) in [5.74, 6) is -1.10. The Labute approximate surface area is 183 Å². The molecule has 1 aromatic heterocycles. The van der Waals surface area contributed by atoms with E-state index in [1.807, 2.05) is 6.07 Å². The smallest absolute Gasteiger partial charge is 0.329 e. The molecule has 0 aliphatic rings. The first-order valence-electron chi connectivity index (χ1n) is 9.64. The molecule has 0 bridgehead atoms. The van der Waals surface area contributed by atoms with E-state index in [0.29, 0.717) is 16.4 Å². The Kier molecular flexibility index (Phi) is 7.19. The maximum atomic E-state index is 12.5. The number of thiazole rings is 1. The molecule has 31 heavy (non-hydrogen) atoms. The average Bonchev–Trinajstić information content (AvgIpc) is 3.17. The predicted octanol–water partition coefficient (Wildman–Crippen LogP) is 3.24. The molecule has 9 heteroatoms. The number of aromatic nitrogens is 1. The van der Waals surface area contributed by atoms with Crippen molar-refractivity contribution in [2.75, 3.05) is 19.0 Å². The second-order valence-corrected chi connectivity index (χ2v) is 8.10. The number of ether oxygens (including phenoxy) is 2. The van der Waals surface area contributed by atoms with Gasteiger partial charge in [0, 0.05) is 5.56 Å². The van der Waals surface area contributed by atoms with Gasteiger partial charge in [0.1, 0.15) is 11.8 Å². The Morgan fingerprint density at radius 2 is 1.84 bits per heavy atom. The largest absolute Gasteiger partial charge is 0.497 e. The van der Waals surface area contributed by atoms with Crippen LogP contribution in [0.1, 0.15) is 24.2 Å². The Morgan fingerprint density at radius 1 is 1.10 bits per heavy atom. The third-order valence-electron chi connectivity index (χ3n) is 4.43. The summed E-state index contributed by atoms with van der Waals surface area (Å²) in [5, 5.41) is 5.68. The lowest BCUT2D eigenvalue weighted by atomic mass is 10.0. The molecule has 0 spiro atoms. The molecule has 3 aromatic rings. The highest BCUT2D eigenvalue weighted by Crippen LogP contribution is 2.29. The van der Waals surface area contributed by atoms with Crippen molar-refractivity contribution >= 4 is 44.5 Å². The van der Waals surface area contributed by atoms with E-state index < -0.39 is 24.5 Å². The zero-order valence-corrected chi connectivity index (χ0v) is 18.2. The first-order valence-corrected chi connectivity index (χ1v) is 10.5. The van der Waals surface area contributed by atoms with E-state index in [9.17, 15) is 14.4 Å². The van der Waals surface area contributed by atoms with E-state index in [-0.39, 0.29) is 11.8 Å². The summed E-state index contributed by atoms with van der Waals surface area (Å²) in [6.45, 7) is 3.09. The molecule has 0 aliphatic heterocycles. The van der Waals surface area contributed by atoms with Crippen molar-refractivity contribution in [1.82, 2.24) is 10.3 Å². The molecule has 1 atom stereocenters. The molecule has 162 valence electrons. The molecule has 2 N–H and O–H groups in total. The van der Waals surface area contributed by atoms with Crippen LogP contribution in [-0.4, -0.2) is 42.5 Å². The number of hydrogen-bond donors (Lipinski definition) is 2. The Balaban J connectivity index is 1.56. The number of carbonyl (C=O) groups is 3. The number of nitrogens with one attached hydrogen (secondary N) is 2. The molecule has 2 amide bonds. The SMILES string of the molecule is COc1ccc2nc(NC(=O)COC(=O)C(NC(=O)c3ccccc3)C(C)C)sc2c1. The second kappa shape index (κ2) is 10.0. The number of carbonyl (C=O) groups excluding carboxylic acids is 3. The summed E-state index contributed by atoms with van der Waals surface area (Å²) in [7, 11) is 1.58. The fourth-order valence-electron chi connectivity index (χ4n) is 2.78. The van der Waals surface area contributed by atoms with Crippen molar-refractivity contribution in [3.8, 4) is 5.75 Å². The van der Waals surface area contributed by atoms with Crippen LogP contribution in [0.3, 0.4) is 0 Å². The van der Waals surface area contributed by atoms with Gasteiger partial charge in [0.15, 0.2) is 11.7 Å². The lowest BCUT2D eigenvalue weighted by Crippen LogP contribution is -2.45. The van der Waals surface area contributed by atoms with Crippen molar-refractivity contribution in [3.05, 3.63) is 54.1 Å². The summed E-state index contributed by atoms with van der Waals surface area (Å²) < 4.78 is 11.2. The number of fused-ring (bicyclic) bond motifs is 1. The standard InChI is InChI=1S/C22H23N3O5S/c1-13(2)19(25-20(27)14-7-5-4-6-8-14)21(28)30-12-18(26)24-22-23-16-10-9-15(29-3)11-17(16)31-22/h4-11,13,19H,12H2,1-3H3,(H,25,27)(H,23,24,26). The van der Waals surface area contributed by atoms with Crippen LogP contribution in [-0.2, 0) is 14.3 Å². The van der Waals surface area contributed by atoms with Crippen molar-refractivity contribution < 1.29 is 23.9 Å². The van der Waals surface area contributed by atoms with Gasteiger partial charge in [-0.15, -0.1) is 0 Å². The van der Waals surface area contributed by atoms with Crippen LogP contribution in [0.25, 0.3) is 10.2 Å². The Bertz CT molecular complexity index is 1080. The molecule has 1 heterocycles. The summed E-state index contributed by atoms with van der Waals surface area (Å²) in [4.78, 5) is 41.4.